The van der Waals surface area contributed by atoms with E-state index in [0.29, 0.717) is 17.3 Å². The number of aryl methyl sites for hydroxylation is 1. The highest BCUT2D eigenvalue weighted by molar-refractivity contribution is 6.10. The molecule has 0 aromatic carbocycles. The molecular weight excluding hydrogens is 386 g/mol. The summed E-state index contributed by atoms with van der Waals surface area (Å²) in [7, 11) is 0. The number of pyridine rings is 2. The van der Waals surface area contributed by atoms with Gasteiger partial charge in [-0.25, -0.2) is 0 Å². The zero-order valence-electron chi connectivity index (χ0n) is 19.0. The number of hydrogen-bond donors (Lipinski definition) is 3. The molecule has 1 saturated heterocycles. The van der Waals surface area contributed by atoms with Crippen molar-refractivity contribution in [1.82, 2.24) is 9.97 Å². The number of nitrogens with zero attached hydrogens (tertiary/aromatic N) is 2. The van der Waals surface area contributed by atoms with Crippen molar-refractivity contribution in [3.05, 3.63) is 59.7 Å². The van der Waals surface area contributed by atoms with E-state index < -0.39 is 0 Å². The third kappa shape index (κ3) is 6.56. The van der Waals surface area contributed by atoms with E-state index in [0.717, 1.165) is 60.8 Å². The molecule has 3 N–H and O–H groups in total. The molecule has 0 radical (unpaired) electrons. The van der Waals surface area contributed by atoms with Crippen molar-refractivity contribution in [1.29, 1.82) is 10.8 Å². The van der Waals surface area contributed by atoms with E-state index in [1.807, 2.05) is 25.1 Å². The molecule has 1 aliphatic heterocycles. The normalized spacial score (nSPS) is 15.2. The average Bonchev–Trinajstić information content (AvgIpc) is 2.74. The molecule has 3 rings (SSSR count). The van der Waals surface area contributed by atoms with Gasteiger partial charge in [0.05, 0.1) is 17.6 Å². The van der Waals surface area contributed by atoms with Crippen molar-refractivity contribution in [2.45, 2.75) is 52.4 Å². The Morgan fingerprint density at radius 1 is 1.13 bits per heavy atom. The Kier molecular flexibility index (Phi) is 7.33. The molecule has 1 aliphatic rings. The van der Waals surface area contributed by atoms with Crippen molar-refractivity contribution in [3.8, 4) is 0 Å². The SMILES string of the molecule is Cc1ncc(Nc2ccnc(C(C)(C)C)c2)cc1C(=N)/C=C\C(=N)CC1CCOCC1. The van der Waals surface area contributed by atoms with Gasteiger partial charge in [0, 0.05) is 53.2 Å². The molecule has 0 unspecified atom stereocenters. The van der Waals surface area contributed by atoms with E-state index >= 15 is 0 Å². The molecule has 0 amide bonds. The van der Waals surface area contributed by atoms with Crippen molar-refractivity contribution in [2.24, 2.45) is 5.92 Å². The van der Waals surface area contributed by atoms with Crippen LogP contribution in [0.15, 0.2) is 42.7 Å². The lowest BCUT2D eigenvalue weighted by molar-refractivity contribution is 0.0685. The molecule has 2 aromatic heterocycles. The second-order valence-corrected chi connectivity index (χ2v) is 9.19. The predicted molar refractivity (Wildman–Crippen MR) is 127 cm³/mol. The number of hydrogen-bond acceptors (Lipinski definition) is 6. The quantitative estimate of drug-likeness (QED) is 0.510. The lowest BCUT2D eigenvalue weighted by atomic mass is 9.91. The van der Waals surface area contributed by atoms with Crippen LogP contribution in [0.5, 0.6) is 0 Å². The minimum absolute atomic E-state index is 0.0313. The Morgan fingerprint density at radius 3 is 2.58 bits per heavy atom. The minimum atomic E-state index is -0.0313. The highest BCUT2D eigenvalue weighted by Crippen LogP contribution is 2.25. The number of ether oxygens (including phenoxy) is 1. The lowest BCUT2D eigenvalue weighted by Crippen LogP contribution is -2.17. The van der Waals surface area contributed by atoms with Crippen LogP contribution in [0.25, 0.3) is 0 Å². The molecule has 164 valence electrons. The zero-order chi connectivity index (χ0) is 22.4. The minimum Gasteiger partial charge on any atom is -0.381 e. The summed E-state index contributed by atoms with van der Waals surface area (Å²) >= 11 is 0. The molecule has 2 aromatic rings. The van der Waals surface area contributed by atoms with Gasteiger partial charge in [0.25, 0.3) is 0 Å². The van der Waals surface area contributed by atoms with Gasteiger partial charge in [0.1, 0.15) is 0 Å². The summed E-state index contributed by atoms with van der Waals surface area (Å²) in [6.07, 6.45) is 9.80. The number of aromatic nitrogens is 2. The maximum atomic E-state index is 8.49. The van der Waals surface area contributed by atoms with Crippen LogP contribution in [0.4, 0.5) is 11.4 Å². The summed E-state index contributed by atoms with van der Waals surface area (Å²) < 4.78 is 5.39. The number of allylic oxidation sites excluding steroid dienone is 2. The fourth-order valence-corrected chi connectivity index (χ4v) is 3.56. The number of rotatable bonds is 7. The summed E-state index contributed by atoms with van der Waals surface area (Å²) in [5, 5.41) is 20.1. The molecule has 0 atom stereocenters. The van der Waals surface area contributed by atoms with E-state index in [1.54, 1.807) is 24.5 Å². The van der Waals surface area contributed by atoms with Crippen molar-refractivity contribution >= 4 is 22.8 Å². The van der Waals surface area contributed by atoms with Gasteiger partial charge in [-0.2, -0.15) is 0 Å². The molecule has 3 heterocycles. The topological polar surface area (TPSA) is 94.7 Å². The van der Waals surface area contributed by atoms with Crippen LogP contribution in [-0.4, -0.2) is 34.6 Å². The van der Waals surface area contributed by atoms with Crippen LogP contribution < -0.4 is 5.32 Å². The van der Waals surface area contributed by atoms with Crippen LogP contribution in [0.1, 0.15) is 57.0 Å². The molecule has 0 aliphatic carbocycles. The number of nitrogens with one attached hydrogen (secondary N) is 3. The second kappa shape index (κ2) is 9.96. The van der Waals surface area contributed by atoms with Gasteiger partial charge < -0.3 is 20.9 Å². The van der Waals surface area contributed by atoms with Gasteiger partial charge in [0.15, 0.2) is 0 Å². The van der Waals surface area contributed by atoms with E-state index in [4.69, 9.17) is 15.6 Å². The number of anilines is 2. The maximum Gasteiger partial charge on any atom is 0.0631 e. The Labute approximate surface area is 185 Å². The summed E-state index contributed by atoms with van der Waals surface area (Å²) in [4.78, 5) is 8.94. The second-order valence-electron chi connectivity index (χ2n) is 9.19. The average molecular weight is 420 g/mol. The maximum absolute atomic E-state index is 8.49. The van der Waals surface area contributed by atoms with Crippen LogP contribution >= 0.6 is 0 Å². The summed E-state index contributed by atoms with van der Waals surface area (Å²) in [5.74, 6) is 0.509. The van der Waals surface area contributed by atoms with Gasteiger partial charge in [-0.1, -0.05) is 20.8 Å². The molecule has 0 bridgehead atoms. The molecule has 0 saturated carbocycles. The summed E-state index contributed by atoms with van der Waals surface area (Å²) in [5.41, 5.74) is 5.21. The third-order valence-electron chi connectivity index (χ3n) is 5.49. The predicted octanol–water partition coefficient (Wildman–Crippen LogP) is 5.59. The summed E-state index contributed by atoms with van der Waals surface area (Å²) in [6.45, 7) is 9.89. The largest absolute Gasteiger partial charge is 0.381 e. The monoisotopic (exact) mass is 419 g/mol. The highest BCUT2D eigenvalue weighted by atomic mass is 16.5. The van der Waals surface area contributed by atoms with Gasteiger partial charge in [-0.05, 0) is 62.5 Å². The Hall–Kier alpha value is -2.86. The van der Waals surface area contributed by atoms with Gasteiger partial charge >= 0.3 is 0 Å². The van der Waals surface area contributed by atoms with Crippen LogP contribution in [0, 0.1) is 23.7 Å². The van der Waals surface area contributed by atoms with E-state index in [1.165, 1.54) is 0 Å². The molecule has 6 nitrogen and oxygen atoms in total. The first-order valence-corrected chi connectivity index (χ1v) is 10.8. The lowest BCUT2D eigenvalue weighted by Gasteiger charge is -2.21. The van der Waals surface area contributed by atoms with Gasteiger partial charge in [-0.15, -0.1) is 0 Å². The highest BCUT2D eigenvalue weighted by Gasteiger charge is 2.16. The molecular formula is C25H33N5O. The first-order chi connectivity index (χ1) is 14.7. The smallest absolute Gasteiger partial charge is 0.0631 e. The molecule has 6 heteroatoms. The fourth-order valence-electron chi connectivity index (χ4n) is 3.56. The molecule has 31 heavy (non-hydrogen) atoms. The zero-order valence-corrected chi connectivity index (χ0v) is 19.0. The van der Waals surface area contributed by atoms with E-state index in [9.17, 15) is 0 Å². The van der Waals surface area contributed by atoms with Crippen LogP contribution in [-0.2, 0) is 10.2 Å². The van der Waals surface area contributed by atoms with Crippen LogP contribution in [0.3, 0.4) is 0 Å². The standard InChI is InChI=1S/C25H33N5O/c1-17-22(23(27)6-5-19(26)13-18-8-11-31-12-9-18)14-21(16-29-17)30-20-7-10-28-24(15-20)25(2,3)4/h5-7,10,14-16,18,26-27H,8-9,11-13H2,1-4H3,(H,28,30)/b6-5-,26-19?,27-23?. The molecule has 0 spiro atoms. The Morgan fingerprint density at radius 2 is 1.87 bits per heavy atom. The Bertz CT molecular complexity index is 968. The van der Waals surface area contributed by atoms with Crippen molar-refractivity contribution in [2.75, 3.05) is 18.5 Å². The van der Waals surface area contributed by atoms with Gasteiger partial charge in [0.2, 0.25) is 0 Å². The first-order valence-electron chi connectivity index (χ1n) is 10.8. The first kappa shape index (κ1) is 22.8. The van der Waals surface area contributed by atoms with E-state index in [-0.39, 0.29) is 5.41 Å². The summed E-state index contributed by atoms with van der Waals surface area (Å²) in [6, 6.07) is 5.91. The van der Waals surface area contributed by atoms with Gasteiger partial charge in [-0.3, -0.25) is 9.97 Å². The van der Waals surface area contributed by atoms with Crippen molar-refractivity contribution < 1.29 is 4.74 Å². The van der Waals surface area contributed by atoms with Crippen molar-refractivity contribution in [3.63, 3.8) is 0 Å². The van der Waals surface area contributed by atoms with Crippen LogP contribution in [0.2, 0.25) is 0 Å². The fraction of sp³-hybridized carbons (Fsp3) is 0.440. The van der Waals surface area contributed by atoms with E-state index in [2.05, 4.69) is 36.1 Å². The Balaban J connectivity index is 1.69. The third-order valence-corrected chi connectivity index (χ3v) is 5.49. The molecule has 1 fully saturated rings.